The van der Waals surface area contributed by atoms with Crippen LogP contribution in [0.3, 0.4) is 0 Å². The Morgan fingerprint density at radius 2 is 2.28 bits per heavy atom. The van der Waals surface area contributed by atoms with Gasteiger partial charge in [-0.15, -0.1) is 0 Å². The summed E-state index contributed by atoms with van der Waals surface area (Å²) in [5.41, 5.74) is 0.563. The van der Waals surface area contributed by atoms with Crippen LogP contribution in [0, 0.1) is 6.92 Å². The van der Waals surface area contributed by atoms with E-state index < -0.39 is 10.0 Å². The van der Waals surface area contributed by atoms with E-state index in [1.165, 1.54) is 6.08 Å². The van der Waals surface area contributed by atoms with Gasteiger partial charge in [-0.2, -0.15) is 0 Å². The molecule has 2 rings (SSSR count). The van der Waals surface area contributed by atoms with Crippen LogP contribution in [0.4, 0.5) is 5.88 Å². The molecule has 5 nitrogen and oxygen atoms in total. The highest BCUT2D eigenvalue weighted by Gasteiger charge is 2.25. The van der Waals surface area contributed by atoms with Gasteiger partial charge in [-0.25, -0.2) is 13.1 Å². The van der Waals surface area contributed by atoms with Crippen LogP contribution >= 0.6 is 28.1 Å². The quantitative estimate of drug-likeness (QED) is 0.850. The molecule has 0 amide bonds. The molecule has 1 heterocycles. The molecule has 1 N–H and O–H groups in total. The molecule has 0 aromatic carbocycles. The maximum absolute atomic E-state index is 12.1. The third-order valence-electron chi connectivity index (χ3n) is 2.27. The Hall–Kier alpha value is -0.990. The average molecular weight is 349 g/mol. The third-order valence-corrected chi connectivity index (χ3v) is 5.13. The van der Waals surface area contributed by atoms with Crippen LogP contribution in [-0.2, 0) is 10.0 Å². The lowest BCUT2D eigenvalue weighted by Crippen LogP contribution is -2.20. The largest absolute Gasteiger partial charge is 0.336 e. The topological polar surface area (TPSA) is 72.2 Å². The first-order chi connectivity index (χ1) is 8.42. The van der Waals surface area contributed by atoms with Gasteiger partial charge in [0, 0.05) is 11.3 Å². The first-order valence-electron chi connectivity index (χ1n) is 4.96. The Bertz CT molecular complexity index is 659. The van der Waals surface area contributed by atoms with Crippen molar-refractivity contribution in [3.05, 3.63) is 33.3 Å². The summed E-state index contributed by atoms with van der Waals surface area (Å²) in [5.74, 6) is 0.0470. The molecule has 0 bridgehead atoms. The first kappa shape index (κ1) is 13.4. The number of allylic oxidation sites excluding steroid dienone is 4. The maximum atomic E-state index is 12.1. The summed E-state index contributed by atoms with van der Waals surface area (Å²) >= 11 is 8.23. The smallest absolute Gasteiger partial charge is 0.265 e. The van der Waals surface area contributed by atoms with E-state index in [9.17, 15) is 8.42 Å². The van der Waals surface area contributed by atoms with Crippen molar-refractivity contribution in [2.45, 2.75) is 13.3 Å². The summed E-state index contributed by atoms with van der Waals surface area (Å²) in [6.45, 7) is 1.69. The van der Waals surface area contributed by atoms with E-state index in [0.717, 1.165) is 0 Å². The predicted octanol–water partition coefficient (Wildman–Crippen LogP) is 2.70. The summed E-state index contributed by atoms with van der Waals surface area (Å²) in [4.78, 5) is 0.457. The summed E-state index contributed by atoms with van der Waals surface area (Å²) < 4.78 is 31.9. The zero-order chi connectivity index (χ0) is 13.3. The highest BCUT2D eigenvalue weighted by molar-refractivity contribution is 9.10. The van der Waals surface area contributed by atoms with E-state index in [1.54, 1.807) is 19.1 Å². The Labute approximate surface area is 118 Å². The van der Waals surface area contributed by atoms with Gasteiger partial charge in [-0.3, -0.25) is 0 Å². The molecule has 0 spiro atoms. The van der Waals surface area contributed by atoms with E-state index in [2.05, 4.69) is 25.8 Å². The lowest BCUT2D eigenvalue weighted by Gasteiger charge is -2.11. The molecule has 0 saturated carbocycles. The zero-order valence-electron chi connectivity index (χ0n) is 9.31. The molecule has 96 valence electrons. The van der Waals surface area contributed by atoms with E-state index in [0.29, 0.717) is 21.5 Å². The number of thiocarbonyl (C=S) groups is 1. The van der Waals surface area contributed by atoms with Crippen molar-refractivity contribution in [2.24, 2.45) is 0 Å². The second-order valence-electron chi connectivity index (χ2n) is 3.60. The Morgan fingerprint density at radius 3 is 2.83 bits per heavy atom. The molecule has 0 aliphatic heterocycles. The summed E-state index contributed by atoms with van der Waals surface area (Å²) in [7, 11) is -3.74. The number of nitrogens with one attached hydrogen (secondary N) is 1. The standard InChI is InChI=1S/C10H9BrN2O3S2/c1-6-9(11)10(16-12-6)13-18(14,15)8-5-3-2-4-7(8)17/h2-3,5,13H,4H2,1H3. The fourth-order valence-electron chi connectivity index (χ4n) is 1.36. The lowest BCUT2D eigenvalue weighted by molar-refractivity contribution is 0.430. The Kier molecular flexibility index (Phi) is 3.69. The minimum Gasteiger partial charge on any atom is -0.336 e. The molecule has 0 unspecified atom stereocenters. The number of hydrogen-bond acceptors (Lipinski definition) is 5. The predicted molar refractivity (Wildman–Crippen MR) is 75.9 cm³/mol. The number of anilines is 1. The monoisotopic (exact) mass is 348 g/mol. The van der Waals surface area contributed by atoms with E-state index in [1.807, 2.05) is 0 Å². The van der Waals surface area contributed by atoms with Crippen LogP contribution in [-0.4, -0.2) is 18.4 Å². The van der Waals surface area contributed by atoms with E-state index >= 15 is 0 Å². The maximum Gasteiger partial charge on any atom is 0.265 e. The summed E-state index contributed by atoms with van der Waals surface area (Å²) in [6.07, 6.45) is 5.37. The van der Waals surface area contributed by atoms with Gasteiger partial charge in [0.2, 0.25) is 0 Å². The first-order valence-corrected chi connectivity index (χ1v) is 7.65. The molecule has 1 aliphatic rings. The highest BCUT2D eigenvalue weighted by Crippen LogP contribution is 2.28. The van der Waals surface area contributed by atoms with Crippen LogP contribution in [0.1, 0.15) is 12.1 Å². The van der Waals surface area contributed by atoms with Crippen molar-refractivity contribution in [3.63, 3.8) is 0 Å². The average Bonchev–Trinajstić information content (AvgIpc) is 2.61. The molecule has 0 saturated heterocycles. The second-order valence-corrected chi connectivity index (χ2v) is 6.54. The van der Waals surface area contributed by atoms with Gasteiger partial charge in [-0.05, 0) is 28.9 Å². The van der Waals surface area contributed by atoms with Crippen molar-refractivity contribution in [3.8, 4) is 0 Å². The fraction of sp³-hybridized carbons (Fsp3) is 0.200. The van der Waals surface area contributed by atoms with Gasteiger partial charge in [0.25, 0.3) is 15.9 Å². The zero-order valence-corrected chi connectivity index (χ0v) is 12.5. The van der Waals surface area contributed by atoms with Gasteiger partial charge in [0.15, 0.2) is 0 Å². The molecule has 1 aromatic rings. The van der Waals surface area contributed by atoms with Crippen molar-refractivity contribution in [1.29, 1.82) is 0 Å². The Morgan fingerprint density at radius 1 is 1.56 bits per heavy atom. The van der Waals surface area contributed by atoms with Gasteiger partial charge in [-0.1, -0.05) is 29.5 Å². The van der Waals surface area contributed by atoms with E-state index in [4.69, 9.17) is 16.7 Å². The van der Waals surface area contributed by atoms with Crippen LogP contribution in [0.15, 0.2) is 32.1 Å². The molecular weight excluding hydrogens is 340 g/mol. The molecule has 1 aromatic heterocycles. The summed E-state index contributed by atoms with van der Waals surface area (Å²) in [6, 6.07) is 0. The lowest BCUT2D eigenvalue weighted by atomic mass is 10.2. The van der Waals surface area contributed by atoms with Gasteiger partial charge < -0.3 is 4.52 Å². The van der Waals surface area contributed by atoms with Gasteiger partial charge in [0.1, 0.15) is 9.38 Å². The molecule has 8 heteroatoms. The van der Waals surface area contributed by atoms with Crippen LogP contribution in [0.2, 0.25) is 0 Å². The third kappa shape index (κ3) is 2.55. The van der Waals surface area contributed by atoms with Crippen molar-refractivity contribution in [1.82, 2.24) is 5.16 Å². The van der Waals surface area contributed by atoms with Crippen LogP contribution < -0.4 is 4.72 Å². The molecule has 1 aliphatic carbocycles. The normalized spacial score (nSPS) is 15.7. The Balaban J connectivity index is 2.33. The van der Waals surface area contributed by atoms with Crippen molar-refractivity contribution >= 4 is 48.9 Å². The minimum absolute atomic E-state index is 0.0470. The van der Waals surface area contributed by atoms with Crippen molar-refractivity contribution in [2.75, 3.05) is 4.72 Å². The van der Waals surface area contributed by atoms with Gasteiger partial charge in [0.05, 0.1) is 5.69 Å². The number of halogens is 1. The fourth-order valence-corrected chi connectivity index (χ4v) is 3.37. The minimum atomic E-state index is -3.74. The van der Waals surface area contributed by atoms with Crippen LogP contribution in [0.25, 0.3) is 0 Å². The van der Waals surface area contributed by atoms with E-state index in [-0.39, 0.29) is 10.8 Å². The highest BCUT2D eigenvalue weighted by atomic mass is 79.9. The number of aryl methyl sites for hydroxylation is 1. The summed E-state index contributed by atoms with van der Waals surface area (Å²) in [5, 5.41) is 3.65. The molecule has 0 radical (unpaired) electrons. The number of rotatable bonds is 3. The number of hydrogen-bond donors (Lipinski definition) is 1. The molecular formula is C10H9BrN2O3S2. The van der Waals surface area contributed by atoms with Crippen molar-refractivity contribution < 1.29 is 12.9 Å². The second kappa shape index (κ2) is 4.94. The van der Waals surface area contributed by atoms with Crippen LogP contribution in [0.5, 0.6) is 0 Å². The molecule has 18 heavy (non-hydrogen) atoms. The SMILES string of the molecule is Cc1noc(NS(=O)(=O)C2=CC=CCC2=S)c1Br. The number of nitrogens with zero attached hydrogens (tertiary/aromatic N) is 1. The molecule has 0 fully saturated rings. The number of aromatic nitrogens is 1. The molecule has 0 atom stereocenters. The van der Waals surface area contributed by atoms with Gasteiger partial charge >= 0.3 is 0 Å². The number of sulfonamides is 1.